The van der Waals surface area contributed by atoms with Crippen molar-refractivity contribution in [3.63, 3.8) is 0 Å². The van der Waals surface area contributed by atoms with E-state index >= 15 is 0 Å². The summed E-state index contributed by atoms with van der Waals surface area (Å²) in [5.41, 5.74) is 1.17. The number of rotatable bonds is 7. The minimum atomic E-state index is -0.164. The molecule has 2 heterocycles. The molecule has 2 aliphatic rings. The van der Waals surface area contributed by atoms with Gasteiger partial charge in [0.1, 0.15) is 5.75 Å². The van der Waals surface area contributed by atoms with Crippen LogP contribution in [0.1, 0.15) is 29.6 Å². The summed E-state index contributed by atoms with van der Waals surface area (Å²) in [6, 6.07) is 16.5. The molecule has 0 aromatic heterocycles. The molecule has 0 radical (unpaired) electrons. The number of carbonyl (C=O) groups is 3. The lowest BCUT2D eigenvalue weighted by Crippen LogP contribution is -2.42. The summed E-state index contributed by atoms with van der Waals surface area (Å²) in [4.78, 5) is 41.6. The van der Waals surface area contributed by atoms with E-state index in [0.29, 0.717) is 76.5 Å². The van der Waals surface area contributed by atoms with Crippen molar-refractivity contribution in [2.45, 2.75) is 19.3 Å². The van der Waals surface area contributed by atoms with Crippen LogP contribution < -0.4 is 10.1 Å². The molecule has 180 valence electrons. The number of para-hydroxylation sites is 1. The number of morpholine rings is 1. The van der Waals surface area contributed by atoms with Crippen LogP contribution in [-0.2, 0) is 14.3 Å². The highest BCUT2D eigenvalue weighted by Crippen LogP contribution is 2.21. The van der Waals surface area contributed by atoms with E-state index in [0.717, 1.165) is 5.75 Å². The van der Waals surface area contributed by atoms with Crippen LogP contribution in [0.3, 0.4) is 0 Å². The van der Waals surface area contributed by atoms with Crippen LogP contribution in [-0.4, -0.2) is 73.5 Å². The zero-order chi connectivity index (χ0) is 23.8. The molecule has 2 fully saturated rings. The largest absolute Gasteiger partial charge is 0.493 e. The van der Waals surface area contributed by atoms with Gasteiger partial charge in [-0.3, -0.25) is 14.4 Å². The first-order valence-electron chi connectivity index (χ1n) is 11.8. The third-order valence-electron chi connectivity index (χ3n) is 6.22. The van der Waals surface area contributed by atoms with Gasteiger partial charge in [-0.15, -0.1) is 0 Å². The monoisotopic (exact) mass is 465 g/mol. The third-order valence-corrected chi connectivity index (χ3v) is 6.22. The van der Waals surface area contributed by atoms with Gasteiger partial charge in [0.05, 0.1) is 26.2 Å². The second-order valence-corrected chi connectivity index (χ2v) is 8.54. The molecule has 0 aliphatic carbocycles. The van der Waals surface area contributed by atoms with Crippen LogP contribution in [0.4, 0.5) is 5.69 Å². The molecule has 0 unspecified atom stereocenters. The van der Waals surface area contributed by atoms with Gasteiger partial charge in [0.2, 0.25) is 11.8 Å². The zero-order valence-electron chi connectivity index (χ0n) is 19.3. The maximum absolute atomic E-state index is 12.8. The Balaban J connectivity index is 1.22. The minimum absolute atomic E-state index is 0.0455. The standard InChI is InChI=1S/C26H31N3O5/c30-24(11-16-34-23-7-2-1-3-8-23)28-12-9-20(10-13-28)25(31)27-22-6-4-5-21(19-22)26(32)29-14-17-33-18-15-29/h1-8,19-20H,9-18H2,(H,27,31). The summed E-state index contributed by atoms with van der Waals surface area (Å²) in [5, 5.41) is 2.95. The van der Waals surface area contributed by atoms with Crippen molar-refractivity contribution in [1.29, 1.82) is 0 Å². The molecule has 8 nitrogen and oxygen atoms in total. The molecule has 2 saturated heterocycles. The summed E-state index contributed by atoms with van der Waals surface area (Å²) >= 11 is 0. The van der Waals surface area contributed by atoms with Crippen LogP contribution in [0.15, 0.2) is 54.6 Å². The van der Waals surface area contributed by atoms with Crippen molar-refractivity contribution in [2.24, 2.45) is 5.92 Å². The first kappa shape index (κ1) is 23.8. The van der Waals surface area contributed by atoms with Crippen LogP contribution in [0.5, 0.6) is 5.75 Å². The maximum atomic E-state index is 12.8. The predicted octanol–water partition coefficient (Wildman–Crippen LogP) is 2.81. The average molecular weight is 466 g/mol. The van der Waals surface area contributed by atoms with Crippen molar-refractivity contribution in [2.75, 3.05) is 51.3 Å². The topological polar surface area (TPSA) is 88.2 Å². The van der Waals surface area contributed by atoms with Crippen molar-refractivity contribution >= 4 is 23.4 Å². The van der Waals surface area contributed by atoms with Gasteiger partial charge < -0.3 is 24.6 Å². The smallest absolute Gasteiger partial charge is 0.254 e. The number of nitrogens with zero attached hydrogens (tertiary/aromatic N) is 2. The van der Waals surface area contributed by atoms with Crippen molar-refractivity contribution in [3.8, 4) is 5.75 Å². The van der Waals surface area contributed by atoms with Crippen LogP contribution >= 0.6 is 0 Å². The number of hydrogen-bond acceptors (Lipinski definition) is 5. The Morgan fingerprint density at radius 3 is 2.38 bits per heavy atom. The number of likely N-dealkylation sites (tertiary alicyclic amines) is 1. The van der Waals surface area contributed by atoms with Gasteiger partial charge >= 0.3 is 0 Å². The molecule has 34 heavy (non-hydrogen) atoms. The van der Waals surface area contributed by atoms with Crippen LogP contribution in [0, 0.1) is 5.92 Å². The quantitative estimate of drug-likeness (QED) is 0.679. The Kier molecular flexibility index (Phi) is 8.14. The Bertz CT molecular complexity index is 983. The van der Waals surface area contributed by atoms with E-state index < -0.39 is 0 Å². The molecular formula is C26H31N3O5. The Morgan fingerprint density at radius 2 is 1.65 bits per heavy atom. The molecule has 1 N–H and O–H groups in total. The summed E-state index contributed by atoms with van der Waals surface area (Å²) in [6.45, 7) is 3.68. The normalized spacial score (nSPS) is 16.7. The van der Waals surface area contributed by atoms with Crippen molar-refractivity contribution < 1.29 is 23.9 Å². The van der Waals surface area contributed by atoms with Gasteiger partial charge in [-0.25, -0.2) is 0 Å². The molecule has 3 amide bonds. The predicted molar refractivity (Wildman–Crippen MR) is 128 cm³/mol. The molecule has 0 saturated carbocycles. The fraction of sp³-hybridized carbons (Fsp3) is 0.423. The number of carbonyl (C=O) groups excluding carboxylic acids is 3. The van der Waals surface area contributed by atoms with E-state index in [1.165, 1.54) is 0 Å². The molecular weight excluding hydrogens is 434 g/mol. The Hall–Kier alpha value is -3.39. The number of ether oxygens (including phenoxy) is 2. The Morgan fingerprint density at radius 1 is 0.912 bits per heavy atom. The lowest BCUT2D eigenvalue weighted by Gasteiger charge is -2.31. The Labute approximate surface area is 199 Å². The number of anilines is 1. The van der Waals surface area contributed by atoms with Gasteiger partial charge in [0.15, 0.2) is 0 Å². The van der Waals surface area contributed by atoms with Crippen molar-refractivity contribution in [3.05, 3.63) is 60.2 Å². The summed E-state index contributed by atoms with van der Waals surface area (Å²) in [5.74, 6) is 0.506. The molecule has 0 atom stereocenters. The van der Waals surface area contributed by atoms with Crippen molar-refractivity contribution in [1.82, 2.24) is 9.80 Å². The van der Waals surface area contributed by atoms with Gasteiger partial charge in [0, 0.05) is 43.3 Å². The van der Waals surface area contributed by atoms with Gasteiger partial charge in [-0.2, -0.15) is 0 Å². The highest BCUT2D eigenvalue weighted by atomic mass is 16.5. The lowest BCUT2D eigenvalue weighted by molar-refractivity contribution is -0.135. The molecule has 2 aliphatic heterocycles. The molecule has 8 heteroatoms. The summed E-state index contributed by atoms with van der Waals surface area (Å²) < 4.78 is 10.9. The second kappa shape index (κ2) is 11.7. The average Bonchev–Trinajstić information content (AvgIpc) is 2.89. The molecule has 0 spiro atoms. The summed E-state index contributed by atoms with van der Waals surface area (Å²) in [7, 11) is 0. The van der Waals surface area contributed by atoms with Gasteiger partial charge in [-0.05, 0) is 43.2 Å². The lowest BCUT2D eigenvalue weighted by atomic mass is 9.95. The number of benzene rings is 2. The highest BCUT2D eigenvalue weighted by molar-refractivity contribution is 5.97. The number of hydrogen-bond donors (Lipinski definition) is 1. The van der Waals surface area contributed by atoms with E-state index in [4.69, 9.17) is 9.47 Å². The summed E-state index contributed by atoms with van der Waals surface area (Å²) in [6.07, 6.45) is 1.54. The second-order valence-electron chi connectivity index (χ2n) is 8.54. The highest BCUT2D eigenvalue weighted by Gasteiger charge is 2.27. The number of piperidine rings is 1. The minimum Gasteiger partial charge on any atom is -0.493 e. The van der Waals surface area contributed by atoms with Gasteiger partial charge in [0.25, 0.3) is 5.91 Å². The molecule has 2 aromatic carbocycles. The maximum Gasteiger partial charge on any atom is 0.254 e. The fourth-order valence-corrected chi connectivity index (χ4v) is 4.25. The third kappa shape index (κ3) is 6.35. The van der Waals surface area contributed by atoms with E-state index in [-0.39, 0.29) is 23.6 Å². The van der Waals surface area contributed by atoms with Crippen LogP contribution in [0.2, 0.25) is 0 Å². The van der Waals surface area contributed by atoms with Gasteiger partial charge in [-0.1, -0.05) is 24.3 Å². The van der Waals surface area contributed by atoms with E-state index in [1.54, 1.807) is 34.1 Å². The number of amides is 3. The fourth-order valence-electron chi connectivity index (χ4n) is 4.25. The van der Waals surface area contributed by atoms with E-state index in [2.05, 4.69) is 5.32 Å². The first-order chi connectivity index (χ1) is 16.6. The molecule has 2 aromatic rings. The molecule has 4 rings (SSSR count). The van der Waals surface area contributed by atoms with E-state index in [1.807, 2.05) is 30.3 Å². The molecule has 0 bridgehead atoms. The van der Waals surface area contributed by atoms with E-state index in [9.17, 15) is 14.4 Å². The first-order valence-corrected chi connectivity index (χ1v) is 11.8. The zero-order valence-corrected chi connectivity index (χ0v) is 19.3. The van der Waals surface area contributed by atoms with Crippen LogP contribution in [0.25, 0.3) is 0 Å². The number of nitrogens with one attached hydrogen (secondary N) is 1. The SMILES string of the molecule is O=C(Nc1cccc(C(=O)N2CCOCC2)c1)C1CCN(C(=O)CCOc2ccccc2)CC1.